The van der Waals surface area contributed by atoms with Crippen molar-refractivity contribution < 1.29 is 19.0 Å². The van der Waals surface area contributed by atoms with Gasteiger partial charge in [0.25, 0.3) is 0 Å². The Morgan fingerprint density at radius 3 is 2.64 bits per heavy atom. The van der Waals surface area contributed by atoms with Crippen molar-refractivity contribution in [2.45, 2.75) is 33.3 Å². The summed E-state index contributed by atoms with van der Waals surface area (Å²) in [6.45, 7) is 7.67. The van der Waals surface area contributed by atoms with Crippen molar-refractivity contribution in [2.75, 3.05) is 33.9 Å². The number of carbonyl (C=O) groups is 1. The summed E-state index contributed by atoms with van der Waals surface area (Å²) in [5.41, 5.74) is 1.21. The minimum Gasteiger partial charge on any atom is -0.493 e. The van der Waals surface area contributed by atoms with Crippen LogP contribution in [0.2, 0.25) is 0 Å². The van der Waals surface area contributed by atoms with E-state index in [0.29, 0.717) is 30.4 Å². The third-order valence-electron chi connectivity index (χ3n) is 3.55. The van der Waals surface area contributed by atoms with E-state index < -0.39 is 0 Å². The van der Waals surface area contributed by atoms with Gasteiger partial charge in [0, 0.05) is 24.1 Å². The van der Waals surface area contributed by atoms with E-state index in [2.05, 4.69) is 9.88 Å². The third kappa shape index (κ3) is 5.39. The lowest BCUT2D eigenvalue weighted by Crippen LogP contribution is -2.16. The quantitative estimate of drug-likeness (QED) is 0.555. The summed E-state index contributed by atoms with van der Waals surface area (Å²) in [5.74, 6) is 1.04. The number of nitrogens with one attached hydrogen (secondary N) is 1. The van der Waals surface area contributed by atoms with Gasteiger partial charge in [0.2, 0.25) is 0 Å². The number of hydrogen-bond acceptors (Lipinski definition) is 5. The lowest BCUT2D eigenvalue weighted by atomic mass is 10.2. The van der Waals surface area contributed by atoms with Gasteiger partial charge in [-0.3, -0.25) is 0 Å². The second-order valence-electron chi connectivity index (χ2n) is 6.46. The highest BCUT2D eigenvalue weighted by atomic mass is 16.5. The standard InChI is InChI=1S/C19H28N2O4/c1-6-23-18-11-14(25-13(2)3)10-16-15(18)12-17(20-16)19(22)24-9-7-8-21(4)5/h10-13,20H,6-9H2,1-5H3. The van der Waals surface area contributed by atoms with Gasteiger partial charge in [0.15, 0.2) is 0 Å². The van der Waals surface area contributed by atoms with Crippen molar-refractivity contribution in [3.63, 3.8) is 0 Å². The van der Waals surface area contributed by atoms with Crippen LogP contribution in [0.3, 0.4) is 0 Å². The van der Waals surface area contributed by atoms with Gasteiger partial charge in [0.1, 0.15) is 17.2 Å². The normalized spacial score (nSPS) is 11.3. The van der Waals surface area contributed by atoms with Gasteiger partial charge >= 0.3 is 5.97 Å². The molecule has 0 aliphatic carbocycles. The molecule has 0 bridgehead atoms. The van der Waals surface area contributed by atoms with Crippen LogP contribution in [0.4, 0.5) is 0 Å². The smallest absolute Gasteiger partial charge is 0.354 e. The number of H-pyrrole nitrogens is 1. The first kappa shape index (κ1) is 19.1. The molecule has 0 radical (unpaired) electrons. The molecule has 6 heteroatoms. The molecule has 0 spiro atoms. The summed E-state index contributed by atoms with van der Waals surface area (Å²) in [6, 6.07) is 5.50. The molecule has 1 aromatic carbocycles. The van der Waals surface area contributed by atoms with E-state index in [9.17, 15) is 4.79 Å². The van der Waals surface area contributed by atoms with Crippen molar-refractivity contribution in [1.29, 1.82) is 0 Å². The molecule has 138 valence electrons. The van der Waals surface area contributed by atoms with Crippen LogP contribution >= 0.6 is 0 Å². The lowest BCUT2D eigenvalue weighted by molar-refractivity contribution is 0.0487. The van der Waals surface area contributed by atoms with Crippen LogP contribution in [-0.2, 0) is 4.74 Å². The van der Waals surface area contributed by atoms with E-state index >= 15 is 0 Å². The minimum atomic E-state index is -0.358. The average molecular weight is 348 g/mol. The fraction of sp³-hybridized carbons (Fsp3) is 0.526. The molecule has 6 nitrogen and oxygen atoms in total. The second-order valence-corrected chi connectivity index (χ2v) is 6.46. The summed E-state index contributed by atoms with van der Waals surface area (Å²) in [7, 11) is 3.98. The lowest BCUT2D eigenvalue weighted by Gasteiger charge is -2.12. The van der Waals surface area contributed by atoms with E-state index in [4.69, 9.17) is 14.2 Å². The Hall–Kier alpha value is -2.21. The molecule has 0 atom stereocenters. The summed E-state index contributed by atoms with van der Waals surface area (Å²) >= 11 is 0. The Labute approximate surface area is 149 Å². The Morgan fingerprint density at radius 2 is 2.00 bits per heavy atom. The fourth-order valence-electron chi connectivity index (χ4n) is 2.53. The van der Waals surface area contributed by atoms with Crippen molar-refractivity contribution >= 4 is 16.9 Å². The van der Waals surface area contributed by atoms with Crippen LogP contribution in [0.15, 0.2) is 18.2 Å². The highest BCUT2D eigenvalue weighted by molar-refractivity contribution is 5.97. The van der Waals surface area contributed by atoms with Crippen LogP contribution in [-0.4, -0.2) is 55.8 Å². The van der Waals surface area contributed by atoms with Crippen molar-refractivity contribution in [3.8, 4) is 11.5 Å². The minimum absolute atomic E-state index is 0.0584. The van der Waals surface area contributed by atoms with Crippen LogP contribution in [0.1, 0.15) is 37.7 Å². The van der Waals surface area contributed by atoms with E-state index in [1.54, 1.807) is 6.07 Å². The first-order valence-corrected chi connectivity index (χ1v) is 8.68. The zero-order chi connectivity index (χ0) is 18.4. The molecule has 2 rings (SSSR count). The van der Waals surface area contributed by atoms with Gasteiger partial charge in [-0.1, -0.05) is 0 Å². The monoisotopic (exact) mass is 348 g/mol. The number of esters is 1. The van der Waals surface area contributed by atoms with Crippen molar-refractivity contribution in [3.05, 3.63) is 23.9 Å². The molecule has 0 saturated heterocycles. The fourth-order valence-corrected chi connectivity index (χ4v) is 2.53. The van der Waals surface area contributed by atoms with Crippen LogP contribution < -0.4 is 9.47 Å². The molecule has 25 heavy (non-hydrogen) atoms. The van der Waals surface area contributed by atoms with Crippen LogP contribution in [0.5, 0.6) is 11.5 Å². The summed E-state index contributed by atoms with van der Waals surface area (Å²) < 4.78 is 16.8. The van der Waals surface area contributed by atoms with Gasteiger partial charge < -0.3 is 24.1 Å². The maximum atomic E-state index is 12.3. The number of benzene rings is 1. The van der Waals surface area contributed by atoms with Gasteiger partial charge in [0.05, 0.1) is 24.8 Å². The van der Waals surface area contributed by atoms with E-state index in [1.165, 1.54) is 0 Å². The van der Waals surface area contributed by atoms with E-state index in [1.807, 2.05) is 47.0 Å². The van der Waals surface area contributed by atoms with Gasteiger partial charge in [-0.05, 0) is 47.4 Å². The van der Waals surface area contributed by atoms with Gasteiger partial charge in [-0.15, -0.1) is 0 Å². The van der Waals surface area contributed by atoms with Gasteiger partial charge in [-0.25, -0.2) is 4.79 Å². The zero-order valence-corrected chi connectivity index (χ0v) is 15.7. The Morgan fingerprint density at radius 1 is 1.24 bits per heavy atom. The number of nitrogens with zero attached hydrogens (tertiary/aromatic N) is 1. The van der Waals surface area contributed by atoms with Crippen molar-refractivity contribution in [2.24, 2.45) is 0 Å². The van der Waals surface area contributed by atoms with E-state index in [0.717, 1.165) is 23.9 Å². The maximum absolute atomic E-state index is 12.3. The number of fused-ring (bicyclic) bond motifs is 1. The number of aromatic nitrogens is 1. The first-order chi connectivity index (χ1) is 11.9. The van der Waals surface area contributed by atoms with E-state index in [-0.39, 0.29) is 12.1 Å². The molecule has 0 aliphatic heterocycles. The van der Waals surface area contributed by atoms with Crippen LogP contribution in [0, 0.1) is 0 Å². The molecule has 2 aromatic rings. The number of rotatable bonds is 9. The molecule has 0 unspecified atom stereocenters. The second kappa shape index (κ2) is 8.76. The summed E-state index contributed by atoms with van der Waals surface area (Å²) in [4.78, 5) is 17.4. The largest absolute Gasteiger partial charge is 0.493 e. The molecule has 0 aliphatic rings. The Kier molecular flexibility index (Phi) is 6.70. The highest BCUT2D eigenvalue weighted by Crippen LogP contribution is 2.32. The summed E-state index contributed by atoms with van der Waals surface area (Å²) in [6.07, 6.45) is 0.859. The Bertz CT molecular complexity index is 707. The molecule has 1 heterocycles. The SMILES string of the molecule is CCOc1cc(OC(C)C)cc2[nH]c(C(=O)OCCCN(C)C)cc12. The molecule has 0 fully saturated rings. The Balaban J connectivity index is 2.18. The number of carbonyl (C=O) groups excluding carboxylic acids is 1. The summed E-state index contributed by atoms with van der Waals surface area (Å²) in [5, 5.41) is 0.846. The number of ether oxygens (including phenoxy) is 3. The first-order valence-electron chi connectivity index (χ1n) is 8.68. The molecular formula is C19H28N2O4. The van der Waals surface area contributed by atoms with Gasteiger partial charge in [-0.2, -0.15) is 0 Å². The molecule has 1 N–H and O–H groups in total. The maximum Gasteiger partial charge on any atom is 0.354 e. The number of aromatic amines is 1. The predicted octanol–water partition coefficient (Wildman–Crippen LogP) is 3.46. The zero-order valence-electron chi connectivity index (χ0n) is 15.7. The third-order valence-corrected chi connectivity index (χ3v) is 3.55. The topological polar surface area (TPSA) is 63.8 Å². The number of hydrogen-bond donors (Lipinski definition) is 1. The molecular weight excluding hydrogens is 320 g/mol. The molecule has 0 saturated carbocycles. The molecule has 0 amide bonds. The molecule has 1 aromatic heterocycles. The average Bonchev–Trinajstić information content (AvgIpc) is 2.95. The predicted molar refractivity (Wildman–Crippen MR) is 98.7 cm³/mol. The van der Waals surface area contributed by atoms with Crippen LogP contribution in [0.25, 0.3) is 10.9 Å². The van der Waals surface area contributed by atoms with Crippen molar-refractivity contribution in [1.82, 2.24) is 9.88 Å². The highest BCUT2D eigenvalue weighted by Gasteiger charge is 2.15.